The number of hydrogen-bond acceptors (Lipinski definition) is 2. The van der Waals surface area contributed by atoms with Gasteiger partial charge in [-0.1, -0.05) is 42.5 Å². The van der Waals surface area contributed by atoms with Crippen LogP contribution >= 0.6 is 12.4 Å². The van der Waals surface area contributed by atoms with Crippen molar-refractivity contribution in [1.29, 1.82) is 0 Å². The first-order valence-electron chi connectivity index (χ1n) is 7.19. The van der Waals surface area contributed by atoms with Crippen molar-refractivity contribution in [2.75, 3.05) is 6.54 Å². The molecule has 1 amide bonds. The zero-order valence-electron chi connectivity index (χ0n) is 12.1. The minimum absolute atomic E-state index is 0. The number of rotatable bonds is 4. The van der Waals surface area contributed by atoms with Crippen LogP contribution in [0.5, 0.6) is 0 Å². The van der Waals surface area contributed by atoms with Crippen molar-refractivity contribution in [3.63, 3.8) is 0 Å². The van der Waals surface area contributed by atoms with Gasteiger partial charge in [-0.05, 0) is 35.6 Å². The molecule has 1 saturated carbocycles. The zero-order chi connectivity index (χ0) is 14.1. The van der Waals surface area contributed by atoms with Crippen LogP contribution in [0.15, 0.2) is 42.5 Å². The Morgan fingerprint density at radius 2 is 2.00 bits per heavy atom. The molecule has 1 aliphatic carbocycles. The van der Waals surface area contributed by atoms with Gasteiger partial charge in [0.2, 0.25) is 5.91 Å². The molecule has 2 unspecified atom stereocenters. The third kappa shape index (κ3) is 3.20. The first-order valence-corrected chi connectivity index (χ1v) is 7.19. The number of benzene rings is 2. The van der Waals surface area contributed by atoms with Crippen molar-refractivity contribution in [3.05, 3.63) is 48.0 Å². The molecule has 3 nitrogen and oxygen atoms in total. The van der Waals surface area contributed by atoms with Crippen LogP contribution in [0.4, 0.5) is 0 Å². The largest absolute Gasteiger partial charge is 0.352 e. The number of carbonyl (C=O) groups is 1. The Morgan fingerprint density at radius 1 is 1.29 bits per heavy atom. The van der Waals surface area contributed by atoms with Gasteiger partial charge in [-0.15, -0.1) is 12.4 Å². The van der Waals surface area contributed by atoms with E-state index in [9.17, 15) is 4.79 Å². The van der Waals surface area contributed by atoms with Gasteiger partial charge in [0, 0.05) is 18.5 Å². The third-order valence-electron chi connectivity index (χ3n) is 4.09. The molecule has 1 fully saturated rings. The standard InChI is InChI=1S/C17H20N2O.ClH/c1-11(10-18)19-17(20)16-9-15(16)14-8-4-6-12-5-2-3-7-13(12)14;/h2-8,11,15-16H,9-10,18H2,1H3,(H,19,20);1H/t11-,15?,16?;/m0./s1. The summed E-state index contributed by atoms with van der Waals surface area (Å²) in [5, 5.41) is 5.48. The van der Waals surface area contributed by atoms with E-state index in [2.05, 4.69) is 41.7 Å². The summed E-state index contributed by atoms with van der Waals surface area (Å²) >= 11 is 0. The minimum atomic E-state index is 0. The summed E-state index contributed by atoms with van der Waals surface area (Å²) in [7, 11) is 0. The normalized spacial score (nSPS) is 21.4. The predicted molar refractivity (Wildman–Crippen MR) is 88.7 cm³/mol. The van der Waals surface area contributed by atoms with E-state index in [0.717, 1.165) is 6.42 Å². The van der Waals surface area contributed by atoms with Crippen LogP contribution in [0.25, 0.3) is 10.8 Å². The topological polar surface area (TPSA) is 55.1 Å². The average Bonchev–Trinajstić information content (AvgIpc) is 3.27. The highest BCUT2D eigenvalue weighted by Gasteiger charge is 2.44. The average molecular weight is 305 g/mol. The third-order valence-corrected chi connectivity index (χ3v) is 4.09. The molecule has 2 aromatic rings. The quantitative estimate of drug-likeness (QED) is 0.912. The molecule has 3 rings (SSSR count). The summed E-state index contributed by atoms with van der Waals surface area (Å²) in [5.41, 5.74) is 6.84. The van der Waals surface area contributed by atoms with Crippen molar-refractivity contribution in [2.45, 2.75) is 25.3 Å². The fourth-order valence-corrected chi connectivity index (χ4v) is 2.81. The Morgan fingerprint density at radius 3 is 2.76 bits per heavy atom. The molecule has 0 bridgehead atoms. The van der Waals surface area contributed by atoms with Gasteiger partial charge in [0.25, 0.3) is 0 Å². The smallest absolute Gasteiger partial charge is 0.224 e. The molecular formula is C17H21ClN2O. The predicted octanol–water partition coefficient (Wildman–Crippen LogP) is 2.83. The maximum Gasteiger partial charge on any atom is 0.224 e. The van der Waals surface area contributed by atoms with Crippen LogP contribution in [0.1, 0.15) is 24.8 Å². The Hall–Kier alpha value is -1.58. The highest BCUT2D eigenvalue weighted by molar-refractivity contribution is 5.89. The van der Waals surface area contributed by atoms with E-state index >= 15 is 0 Å². The number of nitrogens with one attached hydrogen (secondary N) is 1. The molecule has 0 spiro atoms. The fourth-order valence-electron chi connectivity index (χ4n) is 2.81. The minimum Gasteiger partial charge on any atom is -0.352 e. The van der Waals surface area contributed by atoms with Crippen molar-refractivity contribution >= 4 is 29.1 Å². The van der Waals surface area contributed by atoms with Crippen LogP contribution in [-0.2, 0) is 4.79 Å². The molecular weight excluding hydrogens is 284 g/mol. The molecule has 2 aromatic carbocycles. The Labute approximate surface area is 131 Å². The second kappa shape index (κ2) is 6.46. The molecule has 0 radical (unpaired) electrons. The monoisotopic (exact) mass is 304 g/mol. The lowest BCUT2D eigenvalue weighted by molar-refractivity contribution is -0.122. The number of amides is 1. The van der Waals surface area contributed by atoms with Crippen molar-refractivity contribution in [3.8, 4) is 0 Å². The van der Waals surface area contributed by atoms with Crippen LogP contribution in [-0.4, -0.2) is 18.5 Å². The molecule has 3 atom stereocenters. The van der Waals surface area contributed by atoms with E-state index in [1.165, 1.54) is 16.3 Å². The van der Waals surface area contributed by atoms with Crippen LogP contribution in [0, 0.1) is 5.92 Å². The number of halogens is 1. The summed E-state index contributed by atoms with van der Waals surface area (Å²) < 4.78 is 0. The van der Waals surface area contributed by atoms with Gasteiger partial charge in [-0.2, -0.15) is 0 Å². The van der Waals surface area contributed by atoms with Gasteiger partial charge in [0.05, 0.1) is 0 Å². The lowest BCUT2D eigenvalue weighted by Crippen LogP contribution is -2.38. The highest BCUT2D eigenvalue weighted by Crippen LogP contribution is 2.49. The van der Waals surface area contributed by atoms with E-state index in [1.54, 1.807) is 0 Å². The summed E-state index contributed by atoms with van der Waals surface area (Å²) in [6.45, 7) is 2.42. The van der Waals surface area contributed by atoms with Crippen molar-refractivity contribution in [1.82, 2.24) is 5.32 Å². The Bertz CT molecular complexity index is 638. The molecule has 0 aromatic heterocycles. The number of carbonyl (C=O) groups excluding carboxylic acids is 1. The first kappa shape index (κ1) is 15.8. The number of nitrogens with two attached hydrogens (primary N) is 1. The maximum atomic E-state index is 12.1. The lowest BCUT2D eigenvalue weighted by atomic mass is 10.00. The molecule has 3 N–H and O–H groups in total. The molecule has 21 heavy (non-hydrogen) atoms. The van der Waals surface area contributed by atoms with E-state index < -0.39 is 0 Å². The summed E-state index contributed by atoms with van der Waals surface area (Å²) in [5.74, 6) is 0.599. The zero-order valence-corrected chi connectivity index (χ0v) is 12.9. The lowest BCUT2D eigenvalue weighted by Gasteiger charge is -2.11. The molecule has 1 aliphatic rings. The second-order valence-electron chi connectivity index (χ2n) is 5.66. The molecule has 0 saturated heterocycles. The van der Waals surface area contributed by atoms with Crippen LogP contribution in [0.3, 0.4) is 0 Å². The number of hydrogen-bond donors (Lipinski definition) is 2. The molecule has 0 aliphatic heterocycles. The Balaban J connectivity index is 0.00000161. The fraction of sp³-hybridized carbons (Fsp3) is 0.353. The molecule has 4 heteroatoms. The first-order chi connectivity index (χ1) is 9.70. The van der Waals surface area contributed by atoms with Crippen molar-refractivity contribution < 1.29 is 4.79 Å². The van der Waals surface area contributed by atoms with Gasteiger partial charge in [-0.25, -0.2) is 0 Å². The molecule has 112 valence electrons. The number of fused-ring (bicyclic) bond motifs is 1. The summed E-state index contributed by atoms with van der Waals surface area (Å²) in [6, 6.07) is 14.8. The van der Waals surface area contributed by atoms with Gasteiger partial charge < -0.3 is 11.1 Å². The van der Waals surface area contributed by atoms with Crippen molar-refractivity contribution in [2.24, 2.45) is 11.7 Å². The molecule has 0 heterocycles. The highest BCUT2D eigenvalue weighted by atomic mass is 35.5. The SMILES string of the molecule is C[C@@H](CN)NC(=O)C1CC1c1cccc2ccccc12.Cl. The van der Waals surface area contributed by atoms with Gasteiger partial charge in [-0.3, -0.25) is 4.79 Å². The summed E-state index contributed by atoms with van der Waals surface area (Å²) in [4.78, 5) is 12.1. The Kier molecular flexibility index (Phi) is 4.86. The van der Waals surface area contributed by atoms with E-state index in [0.29, 0.717) is 12.5 Å². The van der Waals surface area contributed by atoms with E-state index in [-0.39, 0.29) is 30.3 Å². The van der Waals surface area contributed by atoms with E-state index in [4.69, 9.17) is 5.73 Å². The van der Waals surface area contributed by atoms with Gasteiger partial charge in [0.15, 0.2) is 0 Å². The van der Waals surface area contributed by atoms with Crippen LogP contribution < -0.4 is 11.1 Å². The second-order valence-corrected chi connectivity index (χ2v) is 5.66. The summed E-state index contributed by atoms with van der Waals surface area (Å²) in [6.07, 6.45) is 0.942. The van der Waals surface area contributed by atoms with Crippen LogP contribution in [0.2, 0.25) is 0 Å². The van der Waals surface area contributed by atoms with E-state index in [1.807, 2.05) is 13.0 Å². The maximum absolute atomic E-state index is 12.1. The van der Waals surface area contributed by atoms with Gasteiger partial charge >= 0.3 is 0 Å². The van der Waals surface area contributed by atoms with Gasteiger partial charge in [0.1, 0.15) is 0 Å².